The summed E-state index contributed by atoms with van der Waals surface area (Å²) in [5, 5.41) is 0.233. The molecule has 0 radical (unpaired) electrons. The Kier molecular flexibility index (Phi) is 3.03. The van der Waals surface area contributed by atoms with Gasteiger partial charge in [-0.1, -0.05) is 27.5 Å². The van der Waals surface area contributed by atoms with Gasteiger partial charge in [-0.3, -0.25) is 4.79 Å². The molecule has 0 heterocycles. The number of carbonyl (C=O) groups is 1. The van der Waals surface area contributed by atoms with E-state index in [1.54, 1.807) is 13.9 Å². The molecule has 1 nitrogen and oxygen atoms in total. The Bertz CT molecular complexity index is 314. The van der Waals surface area contributed by atoms with E-state index in [1.807, 2.05) is 0 Å². The van der Waals surface area contributed by atoms with E-state index in [4.69, 9.17) is 0 Å². The van der Waals surface area contributed by atoms with Crippen LogP contribution in [0.1, 0.15) is 10.4 Å². The minimum atomic E-state index is -0.370. The smallest absolute Gasteiger partial charge is 0.172 e. The van der Waals surface area contributed by atoms with Gasteiger partial charge < -0.3 is 0 Å². The molecule has 0 fully saturated rings. The van der Waals surface area contributed by atoms with Gasteiger partial charge in [0.05, 0.1) is 5.33 Å². The van der Waals surface area contributed by atoms with Gasteiger partial charge in [0.1, 0.15) is 13.7 Å². The number of Topliss-reactive ketones (excluding diaryl/α,β-unsaturated/α-hetero) is 1. The standard InChI is InChI=1S/C8H7BBrFO/c9-7-2-1-5(11)3-6(7)8(12)4-10/h1-3H,4,9H2. The number of carbonyl (C=O) groups excluding carboxylic acids is 1. The topological polar surface area (TPSA) is 17.1 Å². The van der Waals surface area contributed by atoms with Crippen LogP contribution in [-0.4, -0.2) is 19.0 Å². The van der Waals surface area contributed by atoms with Crippen molar-refractivity contribution < 1.29 is 9.18 Å². The Morgan fingerprint density at radius 1 is 1.58 bits per heavy atom. The highest BCUT2D eigenvalue weighted by Crippen LogP contribution is 2.02. The molecule has 1 aromatic rings. The summed E-state index contributed by atoms with van der Waals surface area (Å²) in [5.74, 6) is -0.461. The summed E-state index contributed by atoms with van der Waals surface area (Å²) in [6, 6.07) is 4.21. The third-order valence-electron chi connectivity index (χ3n) is 1.62. The first-order chi connectivity index (χ1) is 5.65. The van der Waals surface area contributed by atoms with Crippen LogP contribution in [0.15, 0.2) is 18.2 Å². The predicted molar refractivity (Wildman–Crippen MR) is 52.7 cm³/mol. The van der Waals surface area contributed by atoms with Gasteiger partial charge >= 0.3 is 0 Å². The van der Waals surface area contributed by atoms with Crippen molar-refractivity contribution in [1.82, 2.24) is 0 Å². The largest absolute Gasteiger partial charge is 0.293 e. The summed E-state index contributed by atoms with van der Waals surface area (Å²) in [6.45, 7) is 0. The molecule has 4 heteroatoms. The lowest BCUT2D eigenvalue weighted by molar-refractivity contribution is 0.102. The average molecular weight is 229 g/mol. The van der Waals surface area contributed by atoms with Crippen LogP contribution >= 0.6 is 15.9 Å². The lowest BCUT2D eigenvalue weighted by atomic mass is 9.89. The molecule has 0 aliphatic heterocycles. The zero-order chi connectivity index (χ0) is 9.14. The summed E-state index contributed by atoms with van der Waals surface area (Å²) in [4.78, 5) is 11.2. The van der Waals surface area contributed by atoms with Gasteiger partial charge in [-0.05, 0) is 12.1 Å². The molecule has 0 unspecified atom stereocenters. The fourth-order valence-electron chi connectivity index (χ4n) is 0.967. The first kappa shape index (κ1) is 9.45. The van der Waals surface area contributed by atoms with Crippen LogP contribution < -0.4 is 5.46 Å². The highest BCUT2D eigenvalue weighted by Gasteiger charge is 2.07. The number of alkyl halides is 1. The number of halogens is 2. The number of hydrogen-bond acceptors (Lipinski definition) is 1. The molecule has 0 aliphatic rings. The summed E-state index contributed by atoms with van der Waals surface area (Å²) in [7, 11) is 1.79. The highest BCUT2D eigenvalue weighted by atomic mass is 79.9. The molecule has 0 aromatic heterocycles. The molecular weight excluding hydrogens is 222 g/mol. The first-order valence-corrected chi connectivity index (χ1v) is 4.62. The molecule has 0 atom stereocenters. The molecule has 0 spiro atoms. The van der Waals surface area contributed by atoms with Crippen molar-refractivity contribution in [1.29, 1.82) is 0 Å². The van der Waals surface area contributed by atoms with E-state index >= 15 is 0 Å². The predicted octanol–water partition coefficient (Wildman–Crippen LogP) is 0.662. The maximum absolute atomic E-state index is 12.7. The van der Waals surface area contributed by atoms with Gasteiger partial charge in [0.25, 0.3) is 0 Å². The third kappa shape index (κ3) is 1.94. The Hall–Kier alpha value is -0.635. The monoisotopic (exact) mass is 228 g/mol. The third-order valence-corrected chi connectivity index (χ3v) is 2.13. The number of ketones is 1. The molecule has 1 rings (SSSR count). The summed E-state index contributed by atoms with van der Waals surface area (Å²) < 4.78 is 12.7. The second kappa shape index (κ2) is 3.85. The Morgan fingerprint density at radius 2 is 2.25 bits per heavy atom. The SMILES string of the molecule is Bc1ccc(F)cc1C(=O)CBr. The Morgan fingerprint density at radius 3 is 2.83 bits per heavy atom. The van der Waals surface area contributed by atoms with Gasteiger partial charge in [0.15, 0.2) is 5.78 Å². The molecule has 62 valence electrons. The molecule has 12 heavy (non-hydrogen) atoms. The lowest BCUT2D eigenvalue weighted by Crippen LogP contribution is -2.16. The van der Waals surface area contributed by atoms with Crippen LogP contribution in [-0.2, 0) is 0 Å². The van der Waals surface area contributed by atoms with Crippen molar-refractivity contribution in [2.24, 2.45) is 0 Å². The maximum atomic E-state index is 12.7. The number of benzene rings is 1. The summed E-state index contributed by atoms with van der Waals surface area (Å²) in [6.07, 6.45) is 0. The molecule has 1 aromatic carbocycles. The lowest BCUT2D eigenvalue weighted by Gasteiger charge is -2.01. The van der Waals surface area contributed by atoms with E-state index in [1.165, 1.54) is 12.1 Å². The van der Waals surface area contributed by atoms with Crippen molar-refractivity contribution in [3.8, 4) is 0 Å². The molecule has 0 aliphatic carbocycles. The van der Waals surface area contributed by atoms with Crippen molar-refractivity contribution in [2.45, 2.75) is 0 Å². The minimum absolute atomic E-state index is 0.0907. The Balaban J connectivity index is 3.13. The van der Waals surface area contributed by atoms with Crippen molar-refractivity contribution in [3.63, 3.8) is 0 Å². The van der Waals surface area contributed by atoms with E-state index in [0.29, 0.717) is 5.56 Å². The van der Waals surface area contributed by atoms with Crippen LogP contribution in [0, 0.1) is 5.82 Å². The van der Waals surface area contributed by atoms with Gasteiger partial charge in [0.2, 0.25) is 0 Å². The van der Waals surface area contributed by atoms with E-state index in [-0.39, 0.29) is 16.9 Å². The van der Waals surface area contributed by atoms with Gasteiger partial charge in [-0.2, -0.15) is 0 Å². The van der Waals surface area contributed by atoms with Crippen molar-refractivity contribution in [2.75, 3.05) is 5.33 Å². The number of rotatable bonds is 2. The average Bonchev–Trinajstić information content (AvgIpc) is 2.08. The molecular formula is C8H7BBrFO. The van der Waals surface area contributed by atoms with Crippen molar-refractivity contribution >= 4 is 35.0 Å². The van der Waals surface area contributed by atoms with Gasteiger partial charge in [0, 0.05) is 5.56 Å². The zero-order valence-corrected chi connectivity index (χ0v) is 8.19. The first-order valence-electron chi connectivity index (χ1n) is 3.50. The van der Waals surface area contributed by atoms with E-state index in [0.717, 1.165) is 5.46 Å². The van der Waals surface area contributed by atoms with E-state index in [9.17, 15) is 9.18 Å². The molecule has 0 amide bonds. The molecule has 0 bridgehead atoms. The maximum Gasteiger partial charge on any atom is 0.172 e. The van der Waals surface area contributed by atoms with E-state index < -0.39 is 0 Å². The zero-order valence-electron chi connectivity index (χ0n) is 6.60. The van der Waals surface area contributed by atoms with Crippen LogP contribution in [0.4, 0.5) is 4.39 Å². The van der Waals surface area contributed by atoms with E-state index in [2.05, 4.69) is 15.9 Å². The summed E-state index contributed by atoms with van der Waals surface area (Å²) in [5.41, 5.74) is 1.26. The van der Waals surface area contributed by atoms with Crippen LogP contribution in [0.3, 0.4) is 0 Å². The molecule has 0 saturated heterocycles. The summed E-state index contributed by atoms with van der Waals surface area (Å²) >= 11 is 3.04. The fraction of sp³-hybridized carbons (Fsp3) is 0.125. The molecule has 0 saturated carbocycles. The fourth-order valence-corrected chi connectivity index (χ4v) is 1.27. The number of hydrogen-bond donors (Lipinski definition) is 0. The Labute approximate surface area is 79.5 Å². The van der Waals surface area contributed by atoms with Crippen LogP contribution in [0.25, 0.3) is 0 Å². The van der Waals surface area contributed by atoms with Gasteiger partial charge in [-0.25, -0.2) is 4.39 Å². The van der Waals surface area contributed by atoms with Gasteiger partial charge in [-0.15, -0.1) is 0 Å². The van der Waals surface area contributed by atoms with Crippen LogP contribution in [0.5, 0.6) is 0 Å². The second-order valence-corrected chi connectivity index (χ2v) is 3.08. The normalized spacial score (nSPS) is 9.83. The second-order valence-electron chi connectivity index (χ2n) is 2.52. The molecule has 0 N–H and O–H groups in total. The highest BCUT2D eigenvalue weighted by molar-refractivity contribution is 9.09. The van der Waals surface area contributed by atoms with Crippen LogP contribution in [0.2, 0.25) is 0 Å². The minimum Gasteiger partial charge on any atom is -0.293 e. The van der Waals surface area contributed by atoms with Crippen molar-refractivity contribution in [3.05, 3.63) is 29.6 Å². The quantitative estimate of drug-likeness (QED) is 0.413.